The first-order valence-corrected chi connectivity index (χ1v) is 16.3. The summed E-state index contributed by atoms with van der Waals surface area (Å²) in [5, 5.41) is 0. The number of sulfone groups is 1. The number of likely N-dealkylation sites (tertiary alicyclic amines) is 1. The zero-order valence-electron chi connectivity index (χ0n) is 24.1. The third kappa shape index (κ3) is 4.89. The molecule has 42 heavy (non-hydrogen) atoms. The number of ether oxygens (including phenoxy) is 3. The lowest BCUT2D eigenvalue weighted by Crippen LogP contribution is -2.59. The average Bonchev–Trinajstić information content (AvgIpc) is 3.52. The summed E-state index contributed by atoms with van der Waals surface area (Å²) in [6, 6.07) is 8.72. The molecule has 3 aliphatic heterocycles. The molecule has 0 amide bonds. The molecule has 3 aromatic heterocycles. The Labute approximate surface area is 244 Å². The van der Waals surface area contributed by atoms with Crippen LogP contribution < -0.4 is 9.64 Å². The van der Waals surface area contributed by atoms with E-state index in [2.05, 4.69) is 9.80 Å². The van der Waals surface area contributed by atoms with Gasteiger partial charge in [0.2, 0.25) is 5.95 Å². The summed E-state index contributed by atoms with van der Waals surface area (Å²) >= 11 is 0. The standard InChI is InChI=1S/C28H36N8O5S/c1-18(39-3)24-29-21-6-4-5-7-22(21)36(24)27-31-25-23(26(32-27)34-10-12-40-13-11-34)30-28(33(25)2)41-20-16-35(17-20)19-8-14-42(37,38)15-9-19/h4-7,18-20H,8-17H2,1-3H3/t18-/m0/s1. The number of anilines is 1. The predicted octanol–water partition coefficient (Wildman–Crippen LogP) is 1.89. The van der Waals surface area contributed by atoms with E-state index in [1.54, 1.807) is 7.11 Å². The first-order valence-electron chi connectivity index (χ1n) is 14.5. The zero-order valence-corrected chi connectivity index (χ0v) is 25.0. The van der Waals surface area contributed by atoms with Crippen LogP contribution in [0.15, 0.2) is 24.3 Å². The van der Waals surface area contributed by atoms with Crippen LogP contribution >= 0.6 is 0 Å². The van der Waals surface area contributed by atoms with Crippen LogP contribution in [0.1, 0.15) is 31.7 Å². The molecule has 3 saturated heterocycles. The van der Waals surface area contributed by atoms with Gasteiger partial charge < -0.3 is 19.1 Å². The Morgan fingerprint density at radius 2 is 1.76 bits per heavy atom. The van der Waals surface area contributed by atoms with Crippen molar-refractivity contribution in [2.24, 2.45) is 7.05 Å². The van der Waals surface area contributed by atoms with E-state index in [9.17, 15) is 8.42 Å². The number of nitrogens with zero attached hydrogens (tertiary/aromatic N) is 8. The zero-order chi connectivity index (χ0) is 29.0. The number of morpholine rings is 1. The van der Waals surface area contributed by atoms with Gasteiger partial charge in [0.15, 0.2) is 17.0 Å². The third-order valence-electron chi connectivity index (χ3n) is 8.65. The highest BCUT2D eigenvalue weighted by Gasteiger charge is 2.37. The van der Waals surface area contributed by atoms with Gasteiger partial charge >= 0.3 is 0 Å². The van der Waals surface area contributed by atoms with Gasteiger partial charge in [-0.25, -0.2) is 13.4 Å². The van der Waals surface area contributed by atoms with Crippen molar-refractivity contribution in [3.8, 4) is 12.0 Å². The van der Waals surface area contributed by atoms with Gasteiger partial charge in [-0.05, 0) is 31.9 Å². The predicted molar refractivity (Wildman–Crippen MR) is 157 cm³/mol. The summed E-state index contributed by atoms with van der Waals surface area (Å²) in [7, 11) is 0.702. The molecule has 3 aliphatic rings. The Morgan fingerprint density at radius 1 is 1.02 bits per heavy atom. The van der Waals surface area contributed by atoms with Gasteiger partial charge in [0.25, 0.3) is 6.01 Å². The first kappa shape index (κ1) is 27.5. The molecule has 0 unspecified atom stereocenters. The van der Waals surface area contributed by atoms with Crippen molar-refractivity contribution in [1.82, 2.24) is 34.0 Å². The van der Waals surface area contributed by atoms with Gasteiger partial charge in [0, 0.05) is 46.4 Å². The van der Waals surface area contributed by atoms with E-state index in [4.69, 9.17) is 34.1 Å². The van der Waals surface area contributed by atoms with E-state index < -0.39 is 9.84 Å². The SMILES string of the molecule is CO[C@@H](C)c1nc2ccccc2n1-c1nc(N2CCOCC2)c2nc(OC3CN(C4CCS(=O)(=O)CC4)C3)n(C)c2n1. The molecule has 0 bridgehead atoms. The van der Waals surface area contributed by atoms with Crippen molar-refractivity contribution in [2.75, 3.05) is 62.9 Å². The van der Waals surface area contributed by atoms with E-state index >= 15 is 0 Å². The van der Waals surface area contributed by atoms with E-state index in [1.165, 1.54) is 0 Å². The van der Waals surface area contributed by atoms with Gasteiger partial charge in [-0.2, -0.15) is 15.0 Å². The molecular weight excluding hydrogens is 560 g/mol. The highest BCUT2D eigenvalue weighted by Crippen LogP contribution is 2.33. The summed E-state index contributed by atoms with van der Waals surface area (Å²) in [5.74, 6) is 2.48. The minimum absolute atomic E-state index is 0.0231. The van der Waals surface area contributed by atoms with E-state index in [-0.39, 0.29) is 23.7 Å². The van der Waals surface area contributed by atoms with E-state index in [0.29, 0.717) is 68.3 Å². The Morgan fingerprint density at radius 3 is 2.50 bits per heavy atom. The fraction of sp³-hybridized carbons (Fsp3) is 0.571. The molecule has 224 valence electrons. The molecule has 0 saturated carbocycles. The second kappa shape index (κ2) is 10.7. The minimum atomic E-state index is -2.88. The Balaban J connectivity index is 1.24. The summed E-state index contributed by atoms with van der Waals surface area (Å²) < 4.78 is 45.2. The van der Waals surface area contributed by atoms with Crippen molar-refractivity contribution >= 4 is 37.9 Å². The number of imidazole rings is 2. The fourth-order valence-corrected chi connectivity index (χ4v) is 7.55. The summed E-state index contributed by atoms with van der Waals surface area (Å²) in [6.07, 6.45) is 1.08. The van der Waals surface area contributed by atoms with Crippen molar-refractivity contribution in [3.63, 3.8) is 0 Å². The molecule has 1 atom stereocenters. The second-order valence-corrected chi connectivity index (χ2v) is 13.6. The van der Waals surface area contributed by atoms with Crippen molar-refractivity contribution in [1.29, 1.82) is 0 Å². The van der Waals surface area contributed by atoms with Crippen LogP contribution in [-0.4, -0.2) is 113 Å². The maximum atomic E-state index is 11.8. The number of benzene rings is 1. The molecular formula is C28H36N8O5S. The lowest BCUT2D eigenvalue weighted by atomic mass is 10.0. The van der Waals surface area contributed by atoms with Crippen LogP contribution in [0.2, 0.25) is 0 Å². The van der Waals surface area contributed by atoms with Gasteiger partial charge in [0.05, 0.1) is 35.8 Å². The molecule has 1 aromatic carbocycles. The molecule has 3 fully saturated rings. The maximum Gasteiger partial charge on any atom is 0.298 e. The topological polar surface area (TPSA) is 130 Å². The number of hydrogen-bond acceptors (Lipinski definition) is 11. The van der Waals surface area contributed by atoms with Crippen molar-refractivity contribution in [2.45, 2.75) is 38.0 Å². The van der Waals surface area contributed by atoms with E-state index in [1.807, 2.05) is 47.4 Å². The maximum absolute atomic E-state index is 11.8. The van der Waals surface area contributed by atoms with Crippen LogP contribution in [0.5, 0.6) is 6.01 Å². The van der Waals surface area contributed by atoms with Crippen molar-refractivity contribution < 1.29 is 22.6 Å². The van der Waals surface area contributed by atoms with Crippen LogP contribution in [0.25, 0.3) is 28.1 Å². The number of methoxy groups -OCH3 is 1. The number of aromatic nitrogens is 6. The second-order valence-electron chi connectivity index (χ2n) is 11.3. The van der Waals surface area contributed by atoms with Crippen molar-refractivity contribution in [3.05, 3.63) is 30.1 Å². The monoisotopic (exact) mass is 596 g/mol. The molecule has 14 heteroatoms. The Bertz CT molecular complexity index is 1710. The molecule has 7 rings (SSSR count). The molecule has 6 heterocycles. The Hall–Kier alpha value is -3.33. The summed E-state index contributed by atoms with van der Waals surface area (Å²) in [6.45, 7) is 6.07. The normalized spacial score (nSPS) is 21.2. The summed E-state index contributed by atoms with van der Waals surface area (Å²) in [5.41, 5.74) is 3.08. The molecule has 0 radical (unpaired) electrons. The lowest BCUT2D eigenvalue weighted by Gasteiger charge is -2.44. The van der Waals surface area contributed by atoms with Crippen LogP contribution in [-0.2, 0) is 26.4 Å². The number of hydrogen-bond donors (Lipinski definition) is 0. The smallest absolute Gasteiger partial charge is 0.298 e. The Kier molecular flexibility index (Phi) is 7.03. The number of fused-ring (bicyclic) bond motifs is 2. The number of para-hydroxylation sites is 2. The minimum Gasteiger partial charge on any atom is -0.459 e. The fourth-order valence-electron chi connectivity index (χ4n) is 6.08. The molecule has 0 aliphatic carbocycles. The van der Waals surface area contributed by atoms with Gasteiger partial charge in [-0.3, -0.25) is 14.0 Å². The van der Waals surface area contributed by atoms with Gasteiger partial charge in [0.1, 0.15) is 27.9 Å². The number of rotatable bonds is 7. The van der Waals surface area contributed by atoms with Gasteiger partial charge in [-0.15, -0.1) is 0 Å². The molecule has 4 aromatic rings. The lowest BCUT2D eigenvalue weighted by molar-refractivity contribution is -0.0172. The molecule has 13 nitrogen and oxygen atoms in total. The summed E-state index contributed by atoms with van der Waals surface area (Å²) in [4.78, 5) is 24.4. The van der Waals surface area contributed by atoms with Gasteiger partial charge in [-0.1, -0.05) is 12.1 Å². The highest BCUT2D eigenvalue weighted by molar-refractivity contribution is 7.91. The average molecular weight is 597 g/mol. The van der Waals surface area contributed by atoms with Crippen LogP contribution in [0, 0.1) is 0 Å². The first-order chi connectivity index (χ1) is 20.3. The van der Waals surface area contributed by atoms with Crippen LogP contribution in [0.4, 0.5) is 5.82 Å². The highest BCUT2D eigenvalue weighted by atomic mass is 32.2. The van der Waals surface area contributed by atoms with Crippen LogP contribution in [0.3, 0.4) is 0 Å². The quantitative estimate of drug-likeness (QED) is 0.310. The number of aryl methyl sites for hydroxylation is 1. The third-order valence-corrected chi connectivity index (χ3v) is 10.4. The van der Waals surface area contributed by atoms with E-state index in [0.717, 1.165) is 35.8 Å². The molecule has 0 spiro atoms. The largest absolute Gasteiger partial charge is 0.459 e. The molecule has 0 N–H and O–H groups in total.